The Bertz CT molecular complexity index is 757. The molecule has 1 saturated carbocycles. The first kappa shape index (κ1) is 19.4. The molecule has 1 amide bonds. The number of hydrogen-bond acceptors (Lipinski definition) is 6. The SMILES string of the molecule is O=C(CSc1nnnn1CC1CCCO1)N(c1ccccc1)C1CCCCC1. The molecule has 0 bridgehead atoms. The second-order valence-electron chi connectivity index (χ2n) is 7.46. The maximum absolute atomic E-state index is 13.2. The van der Waals surface area contributed by atoms with Crippen molar-refractivity contribution in [3.05, 3.63) is 30.3 Å². The lowest BCUT2D eigenvalue weighted by Gasteiger charge is -2.34. The van der Waals surface area contributed by atoms with E-state index in [0.717, 1.165) is 38.0 Å². The van der Waals surface area contributed by atoms with E-state index in [1.807, 2.05) is 35.2 Å². The summed E-state index contributed by atoms with van der Waals surface area (Å²) in [5.41, 5.74) is 0.985. The van der Waals surface area contributed by atoms with Crippen LogP contribution < -0.4 is 4.90 Å². The Kier molecular flexibility index (Phi) is 6.59. The highest BCUT2D eigenvalue weighted by atomic mass is 32.2. The minimum atomic E-state index is 0.120. The number of benzene rings is 1. The van der Waals surface area contributed by atoms with Crippen LogP contribution in [0.3, 0.4) is 0 Å². The van der Waals surface area contributed by atoms with Crippen molar-refractivity contribution in [3.8, 4) is 0 Å². The van der Waals surface area contributed by atoms with Gasteiger partial charge in [0.25, 0.3) is 0 Å². The summed E-state index contributed by atoms with van der Waals surface area (Å²) in [5.74, 6) is 0.451. The van der Waals surface area contributed by atoms with Gasteiger partial charge in [0.05, 0.1) is 18.4 Å². The molecule has 7 nitrogen and oxygen atoms in total. The van der Waals surface area contributed by atoms with E-state index in [1.54, 1.807) is 4.68 Å². The van der Waals surface area contributed by atoms with Crippen LogP contribution in [0, 0.1) is 0 Å². The molecule has 28 heavy (non-hydrogen) atoms. The molecule has 150 valence electrons. The number of rotatable bonds is 7. The second-order valence-corrected chi connectivity index (χ2v) is 8.40. The van der Waals surface area contributed by atoms with Gasteiger partial charge < -0.3 is 9.64 Å². The fraction of sp³-hybridized carbons (Fsp3) is 0.600. The zero-order valence-electron chi connectivity index (χ0n) is 16.1. The minimum Gasteiger partial charge on any atom is -0.376 e. The number of ether oxygens (including phenoxy) is 1. The third kappa shape index (κ3) is 4.72. The smallest absolute Gasteiger partial charge is 0.237 e. The summed E-state index contributed by atoms with van der Waals surface area (Å²) >= 11 is 1.41. The average molecular weight is 402 g/mol. The number of carbonyl (C=O) groups is 1. The van der Waals surface area contributed by atoms with E-state index >= 15 is 0 Å². The average Bonchev–Trinajstić information content (AvgIpc) is 3.41. The summed E-state index contributed by atoms with van der Waals surface area (Å²) in [6.07, 6.45) is 8.07. The quantitative estimate of drug-likeness (QED) is 0.663. The van der Waals surface area contributed by atoms with Crippen molar-refractivity contribution in [1.29, 1.82) is 0 Å². The van der Waals surface area contributed by atoms with E-state index in [-0.39, 0.29) is 18.1 Å². The minimum absolute atomic E-state index is 0.120. The fourth-order valence-corrected chi connectivity index (χ4v) is 4.82. The molecule has 4 rings (SSSR count). The normalized spacial score (nSPS) is 20.4. The van der Waals surface area contributed by atoms with E-state index in [0.29, 0.717) is 17.5 Å². The molecule has 2 aromatic rings. The Labute approximate surface area is 169 Å². The molecule has 8 heteroatoms. The van der Waals surface area contributed by atoms with Crippen LogP contribution in [0.4, 0.5) is 5.69 Å². The molecule has 2 heterocycles. The molecule has 1 aromatic carbocycles. The highest BCUT2D eigenvalue weighted by Crippen LogP contribution is 2.29. The Morgan fingerprint density at radius 3 is 2.71 bits per heavy atom. The zero-order valence-corrected chi connectivity index (χ0v) is 16.9. The van der Waals surface area contributed by atoms with Gasteiger partial charge in [0.1, 0.15) is 0 Å². The number of hydrogen-bond donors (Lipinski definition) is 0. The van der Waals surface area contributed by atoms with Crippen LogP contribution in [0.15, 0.2) is 35.5 Å². The van der Waals surface area contributed by atoms with Gasteiger partial charge in [-0.05, 0) is 48.2 Å². The van der Waals surface area contributed by atoms with Gasteiger partial charge in [-0.1, -0.05) is 49.2 Å². The van der Waals surface area contributed by atoms with E-state index in [4.69, 9.17) is 4.74 Å². The number of tetrazole rings is 1. The number of carbonyl (C=O) groups excluding carboxylic acids is 1. The summed E-state index contributed by atoms with van der Waals surface area (Å²) in [5, 5.41) is 12.7. The molecular formula is C20H27N5O2S. The molecular weight excluding hydrogens is 374 g/mol. The number of nitrogens with zero attached hydrogens (tertiary/aromatic N) is 5. The Morgan fingerprint density at radius 1 is 1.14 bits per heavy atom. The Balaban J connectivity index is 1.42. The molecule has 0 spiro atoms. The first-order valence-electron chi connectivity index (χ1n) is 10.2. The number of para-hydroxylation sites is 1. The van der Waals surface area contributed by atoms with Gasteiger partial charge in [-0.25, -0.2) is 4.68 Å². The molecule has 1 aromatic heterocycles. The van der Waals surface area contributed by atoms with Crippen molar-refractivity contribution in [2.75, 3.05) is 17.3 Å². The first-order chi connectivity index (χ1) is 13.8. The molecule has 1 aliphatic heterocycles. The maximum Gasteiger partial charge on any atom is 0.237 e. The number of aromatic nitrogens is 4. The lowest BCUT2D eigenvalue weighted by atomic mass is 9.93. The molecule has 0 N–H and O–H groups in total. The van der Waals surface area contributed by atoms with Crippen LogP contribution in [-0.4, -0.2) is 50.6 Å². The van der Waals surface area contributed by atoms with Gasteiger partial charge in [0, 0.05) is 18.3 Å². The Hall–Kier alpha value is -1.93. The van der Waals surface area contributed by atoms with E-state index in [2.05, 4.69) is 15.5 Å². The van der Waals surface area contributed by atoms with Crippen LogP contribution in [0.25, 0.3) is 0 Å². The van der Waals surface area contributed by atoms with Crippen LogP contribution >= 0.6 is 11.8 Å². The standard InChI is InChI=1S/C20H27N5O2S/c26-19(15-28-20-21-22-23-24(20)14-18-12-7-13-27-18)25(16-8-3-1-4-9-16)17-10-5-2-6-11-17/h1,3-4,8-9,17-18H,2,5-7,10-15H2. The lowest BCUT2D eigenvalue weighted by molar-refractivity contribution is -0.116. The molecule has 1 unspecified atom stereocenters. The molecule has 2 fully saturated rings. The van der Waals surface area contributed by atoms with Crippen molar-refractivity contribution < 1.29 is 9.53 Å². The van der Waals surface area contributed by atoms with Crippen molar-refractivity contribution >= 4 is 23.4 Å². The Morgan fingerprint density at radius 2 is 1.96 bits per heavy atom. The third-order valence-electron chi connectivity index (χ3n) is 5.47. The van der Waals surface area contributed by atoms with Crippen LogP contribution in [0.1, 0.15) is 44.9 Å². The summed E-state index contributed by atoms with van der Waals surface area (Å²) in [6, 6.07) is 10.3. The number of amides is 1. The van der Waals surface area contributed by atoms with Gasteiger partial charge in [0.15, 0.2) is 0 Å². The van der Waals surface area contributed by atoms with E-state index in [9.17, 15) is 4.79 Å². The predicted octanol–water partition coefficient (Wildman–Crippen LogP) is 3.31. The van der Waals surface area contributed by atoms with Gasteiger partial charge in [-0.15, -0.1) is 5.10 Å². The van der Waals surface area contributed by atoms with Gasteiger partial charge >= 0.3 is 0 Å². The maximum atomic E-state index is 13.2. The number of anilines is 1. The van der Waals surface area contributed by atoms with Crippen molar-refractivity contribution in [1.82, 2.24) is 20.2 Å². The van der Waals surface area contributed by atoms with E-state index < -0.39 is 0 Å². The van der Waals surface area contributed by atoms with Crippen molar-refractivity contribution in [2.45, 2.75) is 68.8 Å². The highest BCUT2D eigenvalue weighted by molar-refractivity contribution is 7.99. The molecule has 0 radical (unpaired) electrons. The monoisotopic (exact) mass is 401 g/mol. The largest absolute Gasteiger partial charge is 0.376 e. The third-order valence-corrected chi connectivity index (χ3v) is 6.41. The van der Waals surface area contributed by atoms with Crippen molar-refractivity contribution in [3.63, 3.8) is 0 Å². The van der Waals surface area contributed by atoms with Crippen molar-refractivity contribution in [2.24, 2.45) is 0 Å². The van der Waals surface area contributed by atoms with Crippen LogP contribution in [0.2, 0.25) is 0 Å². The van der Waals surface area contributed by atoms with E-state index in [1.165, 1.54) is 31.0 Å². The summed E-state index contributed by atoms with van der Waals surface area (Å²) in [4.78, 5) is 15.2. The summed E-state index contributed by atoms with van der Waals surface area (Å²) < 4.78 is 7.45. The molecule has 1 aliphatic carbocycles. The topological polar surface area (TPSA) is 73.1 Å². The van der Waals surface area contributed by atoms with Crippen LogP contribution in [0.5, 0.6) is 0 Å². The molecule has 1 atom stereocenters. The first-order valence-corrected chi connectivity index (χ1v) is 11.2. The number of thioether (sulfide) groups is 1. The zero-order chi connectivity index (χ0) is 19.2. The van der Waals surface area contributed by atoms with Gasteiger partial charge in [0.2, 0.25) is 11.1 Å². The fourth-order valence-electron chi connectivity index (χ4n) is 4.08. The second kappa shape index (κ2) is 9.52. The molecule has 2 aliphatic rings. The molecule has 1 saturated heterocycles. The highest BCUT2D eigenvalue weighted by Gasteiger charge is 2.27. The van der Waals surface area contributed by atoms with Gasteiger partial charge in [-0.3, -0.25) is 4.79 Å². The summed E-state index contributed by atoms with van der Waals surface area (Å²) in [6.45, 7) is 1.45. The lowest BCUT2D eigenvalue weighted by Crippen LogP contribution is -2.42. The van der Waals surface area contributed by atoms with Crippen LogP contribution in [-0.2, 0) is 16.1 Å². The predicted molar refractivity (Wildman–Crippen MR) is 108 cm³/mol. The summed E-state index contributed by atoms with van der Waals surface area (Å²) in [7, 11) is 0. The van der Waals surface area contributed by atoms with Gasteiger partial charge in [-0.2, -0.15) is 0 Å².